The van der Waals surface area contributed by atoms with E-state index in [0.717, 1.165) is 15.7 Å². The normalized spacial score (nSPS) is 10.6. The Kier molecular flexibility index (Phi) is 6.16. The molecule has 21 heavy (non-hydrogen) atoms. The van der Waals surface area contributed by atoms with Gasteiger partial charge in [0.05, 0.1) is 5.56 Å². The lowest BCUT2D eigenvalue weighted by atomic mass is 10.2. The summed E-state index contributed by atoms with van der Waals surface area (Å²) in [7, 11) is 0. The van der Waals surface area contributed by atoms with Gasteiger partial charge < -0.3 is 4.74 Å². The number of aromatic nitrogens is 2. The fourth-order valence-corrected chi connectivity index (χ4v) is 3.13. The molecular weight excluding hydrogens is 306 g/mol. The second-order valence-corrected chi connectivity index (χ2v) is 6.39. The third-order valence-corrected chi connectivity index (χ3v) is 4.32. The van der Waals surface area contributed by atoms with E-state index in [1.54, 1.807) is 11.8 Å². The van der Waals surface area contributed by atoms with Crippen LogP contribution in [0, 0.1) is 0 Å². The van der Waals surface area contributed by atoms with Crippen LogP contribution >= 0.6 is 23.1 Å². The van der Waals surface area contributed by atoms with E-state index < -0.39 is 0 Å². The van der Waals surface area contributed by atoms with E-state index in [2.05, 4.69) is 22.4 Å². The van der Waals surface area contributed by atoms with Gasteiger partial charge in [-0.2, -0.15) is 0 Å². The summed E-state index contributed by atoms with van der Waals surface area (Å²) < 4.78 is 5.27. The van der Waals surface area contributed by atoms with Crippen molar-refractivity contribution >= 4 is 34.1 Å². The predicted molar refractivity (Wildman–Crippen MR) is 86.0 cm³/mol. The quantitative estimate of drug-likeness (QED) is 0.791. The zero-order valence-electron chi connectivity index (χ0n) is 12.0. The maximum absolute atomic E-state index is 12.3. The fraction of sp³-hybridized carbons (Fsp3) is 0.357. The number of nitrogens with zero attached hydrogens (tertiary/aromatic N) is 2. The van der Waals surface area contributed by atoms with Gasteiger partial charge in [-0.15, -0.1) is 22.0 Å². The molecule has 2 rings (SSSR count). The number of rotatable bonds is 7. The van der Waals surface area contributed by atoms with Crippen LogP contribution in [0.2, 0.25) is 0 Å². The Morgan fingerprint density at radius 3 is 2.90 bits per heavy atom. The lowest BCUT2D eigenvalue weighted by molar-refractivity contribution is 0.102. The number of anilines is 1. The summed E-state index contributed by atoms with van der Waals surface area (Å²) in [4.78, 5) is 13.3. The summed E-state index contributed by atoms with van der Waals surface area (Å²) in [5.41, 5.74) is 0.658. The van der Waals surface area contributed by atoms with Gasteiger partial charge in [-0.05, 0) is 24.8 Å². The molecule has 5 nitrogen and oxygen atoms in total. The minimum absolute atomic E-state index is 0.161. The first-order chi connectivity index (χ1) is 10.2. The fourth-order valence-electron chi connectivity index (χ4n) is 1.65. The second-order valence-electron chi connectivity index (χ2n) is 4.02. The van der Waals surface area contributed by atoms with Gasteiger partial charge in [-0.3, -0.25) is 10.1 Å². The van der Waals surface area contributed by atoms with Gasteiger partial charge in [0.1, 0.15) is 11.6 Å². The molecule has 0 bridgehead atoms. The number of carbonyl (C=O) groups excluding carboxylic acids is 1. The van der Waals surface area contributed by atoms with Crippen molar-refractivity contribution in [2.24, 2.45) is 0 Å². The van der Waals surface area contributed by atoms with E-state index in [4.69, 9.17) is 4.74 Å². The van der Waals surface area contributed by atoms with E-state index in [-0.39, 0.29) is 5.91 Å². The van der Waals surface area contributed by atoms with Gasteiger partial charge in [0.15, 0.2) is 0 Å². The van der Waals surface area contributed by atoms with Crippen LogP contribution in [0.3, 0.4) is 0 Å². The summed E-state index contributed by atoms with van der Waals surface area (Å²) in [5.74, 6) is 0.757. The molecule has 0 radical (unpaired) electrons. The Morgan fingerprint density at radius 1 is 1.33 bits per heavy atom. The van der Waals surface area contributed by atoms with Crippen LogP contribution in [0.25, 0.3) is 0 Å². The van der Waals surface area contributed by atoms with Gasteiger partial charge in [-0.25, -0.2) is 0 Å². The molecule has 0 atom stereocenters. The molecule has 0 aliphatic heterocycles. The van der Waals surface area contributed by atoms with Crippen LogP contribution < -0.4 is 5.32 Å². The molecule has 0 saturated heterocycles. The molecule has 0 aliphatic carbocycles. The van der Waals surface area contributed by atoms with Crippen LogP contribution in [0.1, 0.15) is 29.2 Å². The Balaban J connectivity index is 2.05. The lowest BCUT2D eigenvalue weighted by Crippen LogP contribution is -2.12. The molecule has 1 heterocycles. The van der Waals surface area contributed by atoms with Gasteiger partial charge in [0, 0.05) is 11.5 Å². The highest BCUT2D eigenvalue weighted by molar-refractivity contribution is 7.99. The molecule has 1 aromatic heterocycles. The number of nitrogens with one attached hydrogen (secondary N) is 1. The third kappa shape index (κ3) is 4.52. The van der Waals surface area contributed by atoms with Crippen molar-refractivity contribution in [3.8, 4) is 0 Å². The first-order valence-corrected chi connectivity index (χ1v) is 8.48. The summed E-state index contributed by atoms with van der Waals surface area (Å²) in [6.07, 6.45) is 0. The van der Waals surface area contributed by atoms with Gasteiger partial charge in [0.2, 0.25) is 5.13 Å². The van der Waals surface area contributed by atoms with Crippen LogP contribution in [0.5, 0.6) is 0 Å². The third-order valence-electron chi connectivity index (χ3n) is 2.55. The number of amides is 1. The van der Waals surface area contributed by atoms with Crippen LogP contribution in [0.15, 0.2) is 29.2 Å². The highest BCUT2D eigenvalue weighted by Crippen LogP contribution is 2.24. The maximum Gasteiger partial charge on any atom is 0.258 e. The Bertz CT molecular complexity index is 601. The molecule has 1 N–H and O–H groups in total. The molecule has 2 aromatic rings. The lowest BCUT2D eigenvalue weighted by Gasteiger charge is -2.06. The Hall–Kier alpha value is -1.44. The Labute approximate surface area is 132 Å². The molecule has 1 aromatic carbocycles. The summed E-state index contributed by atoms with van der Waals surface area (Å²) >= 11 is 2.97. The molecule has 7 heteroatoms. The second kappa shape index (κ2) is 8.11. The van der Waals surface area contributed by atoms with E-state index in [0.29, 0.717) is 23.9 Å². The molecule has 0 spiro atoms. The highest BCUT2D eigenvalue weighted by atomic mass is 32.2. The minimum Gasteiger partial charge on any atom is -0.374 e. The van der Waals surface area contributed by atoms with E-state index in [1.165, 1.54) is 11.3 Å². The number of hydrogen-bond acceptors (Lipinski definition) is 6. The van der Waals surface area contributed by atoms with Gasteiger partial charge in [0.25, 0.3) is 5.91 Å². The monoisotopic (exact) mass is 323 g/mol. The predicted octanol–water partition coefficient (Wildman–Crippen LogP) is 3.44. The standard InChI is InChI=1S/C14H17N3O2S2/c1-3-19-9-12-16-17-14(21-12)15-13(18)10-7-5-6-8-11(10)20-4-2/h5-8H,3-4,9H2,1-2H3,(H,15,17,18). The SMILES string of the molecule is CCOCc1nnc(NC(=O)c2ccccc2SCC)s1. The van der Waals surface area contributed by atoms with E-state index >= 15 is 0 Å². The number of thioether (sulfide) groups is 1. The van der Waals surface area contributed by atoms with E-state index in [1.807, 2.05) is 31.2 Å². The van der Waals surface area contributed by atoms with Crippen LogP contribution in [-0.2, 0) is 11.3 Å². The smallest absolute Gasteiger partial charge is 0.258 e. The molecule has 0 aliphatic rings. The van der Waals surface area contributed by atoms with Crippen molar-refractivity contribution in [1.29, 1.82) is 0 Å². The zero-order chi connectivity index (χ0) is 15.1. The summed E-state index contributed by atoms with van der Waals surface area (Å²) in [6, 6.07) is 7.55. The summed E-state index contributed by atoms with van der Waals surface area (Å²) in [6.45, 7) is 5.03. The topological polar surface area (TPSA) is 64.1 Å². The average molecular weight is 323 g/mol. The van der Waals surface area contributed by atoms with Crippen molar-refractivity contribution < 1.29 is 9.53 Å². The largest absolute Gasteiger partial charge is 0.374 e. The van der Waals surface area contributed by atoms with Crippen molar-refractivity contribution in [2.45, 2.75) is 25.3 Å². The maximum atomic E-state index is 12.3. The van der Waals surface area contributed by atoms with Crippen molar-refractivity contribution in [3.05, 3.63) is 34.8 Å². The molecule has 0 unspecified atom stereocenters. The van der Waals surface area contributed by atoms with Crippen LogP contribution in [-0.4, -0.2) is 28.5 Å². The molecule has 112 valence electrons. The highest BCUT2D eigenvalue weighted by Gasteiger charge is 2.13. The zero-order valence-corrected chi connectivity index (χ0v) is 13.6. The minimum atomic E-state index is -0.161. The van der Waals surface area contributed by atoms with Crippen molar-refractivity contribution in [3.63, 3.8) is 0 Å². The van der Waals surface area contributed by atoms with Crippen molar-refractivity contribution in [1.82, 2.24) is 10.2 Å². The number of ether oxygens (including phenoxy) is 1. The van der Waals surface area contributed by atoms with Gasteiger partial charge >= 0.3 is 0 Å². The number of carbonyl (C=O) groups is 1. The number of benzene rings is 1. The first kappa shape index (κ1) is 15.9. The first-order valence-electron chi connectivity index (χ1n) is 6.67. The molecular formula is C14H17N3O2S2. The van der Waals surface area contributed by atoms with Crippen molar-refractivity contribution in [2.75, 3.05) is 17.7 Å². The summed E-state index contributed by atoms with van der Waals surface area (Å²) in [5, 5.41) is 12.0. The molecule has 1 amide bonds. The van der Waals surface area contributed by atoms with Crippen LogP contribution in [0.4, 0.5) is 5.13 Å². The molecule has 0 saturated carbocycles. The number of hydrogen-bond donors (Lipinski definition) is 1. The van der Waals surface area contributed by atoms with E-state index in [9.17, 15) is 4.79 Å². The average Bonchev–Trinajstić information content (AvgIpc) is 2.93. The molecule has 0 fully saturated rings. The Morgan fingerprint density at radius 2 is 2.14 bits per heavy atom. The van der Waals surface area contributed by atoms with Gasteiger partial charge in [-0.1, -0.05) is 30.4 Å².